The van der Waals surface area contributed by atoms with Crippen LogP contribution in [0.1, 0.15) is 66.7 Å². The summed E-state index contributed by atoms with van der Waals surface area (Å²) in [5, 5.41) is 0. The molecule has 0 aromatic heterocycles. The summed E-state index contributed by atoms with van der Waals surface area (Å²) in [5.41, 5.74) is 1.23. The van der Waals surface area contributed by atoms with Crippen LogP contribution in [0.5, 0.6) is 0 Å². The van der Waals surface area contributed by atoms with Gasteiger partial charge < -0.3 is 4.74 Å². The van der Waals surface area contributed by atoms with E-state index in [2.05, 4.69) is 34.6 Å². The van der Waals surface area contributed by atoms with Crippen molar-refractivity contribution < 1.29 is 4.74 Å². The van der Waals surface area contributed by atoms with Crippen molar-refractivity contribution in [3.05, 3.63) is 0 Å². The molecule has 0 spiro atoms. The zero-order chi connectivity index (χ0) is 13.2. The third-order valence-electron chi connectivity index (χ3n) is 7.38. The molecule has 3 rings (SSSR count). The van der Waals surface area contributed by atoms with Gasteiger partial charge in [0.1, 0.15) is 0 Å². The van der Waals surface area contributed by atoms with Gasteiger partial charge in [0.25, 0.3) is 0 Å². The van der Waals surface area contributed by atoms with E-state index in [-0.39, 0.29) is 5.60 Å². The predicted molar refractivity (Wildman–Crippen MR) is 75.5 cm³/mol. The van der Waals surface area contributed by atoms with Crippen molar-refractivity contribution in [1.82, 2.24) is 0 Å². The third kappa shape index (κ3) is 1.49. The predicted octanol–water partition coefficient (Wildman–Crippen LogP) is 4.65. The standard InChI is InChI=1S/C17H30O/c1-12-6-9-16(4)13(15(12,2)3)7-10-17(5)14(16)8-11-18-17/h12-14H,6-11H2,1-5H3/t12-,13+,14-,16?,17+/m0/s1. The minimum Gasteiger partial charge on any atom is -0.375 e. The Morgan fingerprint density at radius 3 is 2.33 bits per heavy atom. The molecule has 18 heavy (non-hydrogen) atoms. The summed E-state index contributed by atoms with van der Waals surface area (Å²) in [7, 11) is 0. The zero-order valence-corrected chi connectivity index (χ0v) is 12.9. The van der Waals surface area contributed by atoms with E-state index in [0.717, 1.165) is 24.4 Å². The van der Waals surface area contributed by atoms with Crippen molar-refractivity contribution in [3.8, 4) is 0 Å². The summed E-state index contributed by atoms with van der Waals surface area (Å²) in [6.45, 7) is 13.5. The maximum Gasteiger partial charge on any atom is 0.0688 e. The molecular formula is C17H30O. The fourth-order valence-electron chi connectivity index (χ4n) is 5.91. The summed E-state index contributed by atoms with van der Waals surface area (Å²) in [6.07, 6.45) is 6.79. The monoisotopic (exact) mass is 250 g/mol. The number of rotatable bonds is 0. The van der Waals surface area contributed by atoms with Crippen LogP contribution in [0.3, 0.4) is 0 Å². The quantitative estimate of drug-likeness (QED) is 0.608. The molecule has 3 fully saturated rings. The summed E-state index contributed by atoms with van der Waals surface area (Å²) in [4.78, 5) is 0. The van der Waals surface area contributed by atoms with Crippen LogP contribution in [0.25, 0.3) is 0 Å². The highest BCUT2D eigenvalue weighted by atomic mass is 16.5. The van der Waals surface area contributed by atoms with Gasteiger partial charge in [0.05, 0.1) is 5.60 Å². The largest absolute Gasteiger partial charge is 0.375 e. The number of hydrogen-bond acceptors (Lipinski definition) is 1. The van der Waals surface area contributed by atoms with Gasteiger partial charge in [0, 0.05) is 6.61 Å². The van der Waals surface area contributed by atoms with Crippen LogP contribution in [0.15, 0.2) is 0 Å². The van der Waals surface area contributed by atoms with E-state index < -0.39 is 0 Å². The Morgan fingerprint density at radius 1 is 0.889 bits per heavy atom. The maximum atomic E-state index is 6.15. The molecule has 0 amide bonds. The Labute approximate surface area is 113 Å². The lowest BCUT2D eigenvalue weighted by Gasteiger charge is -2.62. The van der Waals surface area contributed by atoms with E-state index in [9.17, 15) is 0 Å². The molecule has 1 nitrogen and oxygen atoms in total. The lowest BCUT2D eigenvalue weighted by atomic mass is 9.43. The van der Waals surface area contributed by atoms with E-state index >= 15 is 0 Å². The van der Waals surface area contributed by atoms with Gasteiger partial charge in [-0.15, -0.1) is 0 Å². The summed E-state index contributed by atoms with van der Waals surface area (Å²) >= 11 is 0. The summed E-state index contributed by atoms with van der Waals surface area (Å²) < 4.78 is 6.15. The van der Waals surface area contributed by atoms with Gasteiger partial charge in [-0.3, -0.25) is 0 Å². The summed E-state index contributed by atoms with van der Waals surface area (Å²) in [6, 6.07) is 0. The van der Waals surface area contributed by atoms with Crippen LogP contribution >= 0.6 is 0 Å². The van der Waals surface area contributed by atoms with Crippen molar-refractivity contribution >= 4 is 0 Å². The molecule has 1 heteroatoms. The highest BCUT2D eigenvalue weighted by Crippen LogP contribution is 2.65. The second kappa shape index (κ2) is 3.75. The number of hydrogen-bond donors (Lipinski definition) is 0. The molecule has 0 N–H and O–H groups in total. The molecule has 1 saturated heterocycles. The van der Waals surface area contributed by atoms with Gasteiger partial charge in [-0.05, 0) is 67.6 Å². The molecule has 1 aliphatic heterocycles. The van der Waals surface area contributed by atoms with Gasteiger partial charge >= 0.3 is 0 Å². The summed E-state index contributed by atoms with van der Waals surface area (Å²) in [5.74, 6) is 2.58. The van der Waals surface area contributed by atoms with Gasteiger partial charge in [-0.25, -0.2) is 0 Å². The van der Waals surface area contributed by atoms with Crippen molar-refractivity contribution in [2.24, 2.45) is 28.6 Å². The Bertz CT molecular complexity index is 348. The van der Waals surface area contributed by atoms with Crippen LogP contribution in [0.2, 0.25) is 0 Å². The van der Waals surface area contributed by atoms with Crippen LogP contribution in [-0.2, 0) is 4.74 Å². The molecule has 0 aromatic carbocycles. The topological polar surface area (TPSA) is 9.23 Å². The smallest absolute Gasteiger partial charge is 0.0688 e. The van der Waals surface area contributed by atoms with E-state index in [1.54, 1.807) is 0 Å². The van der Waals surface area contributed by atoms with Gasteiger partial charge in [-0.1, -0.05) is 27.7 Å². The molecule has 0 bridgehead atoms. The van der Waals surface area contributed by atoms with Crippen LogP contribution in [0.4, 0.5) is 0 Å². The maximum absolute atomic E-state index is 6.15. The molecule has 0 radical (unpaired) electrons. The zero-order valence-electron chi connectivity index (χ0n) is 12.9. The van der Waals surface area contributed by atoms with Crippen LogP contribution < -0.4 is 0 Å². The van der Waals surface area contributed by atoms with Crippen molar-refractivity contribution in [1.29, 1.82) is 0 Å². The van der Waals surface area contributed by atoms with E-state index in [4.69, 9.17) is 4.74 Å². The SMILES string of the molecule is C[C@H]1CCC2(C)[C@H](CC[C@@]3(C)OCC[C@@H]23)C1(C)C. The van der Waals surface area contributed by atoms with E-state index in [0.29, 0.717) is 10.8 Å². The van der Waals surface area contributed by atoms with Crippen molar-refractivity contribution in [3.63, 3.8) is 0 Å². The Kier molecular flexibility index (Phi) is 2.70. The van der Waals surface area contributed by atoms with Gasteiger partial charge in [0.15, 0.2) is 0 Å². The van der Waals surface area contributed by atoms with Crippen LogP contribution in [-0.4, -0.2) is 12.2 Å². The minimum atomic E-state index is 0.196. The first-order chi connectivity index (χ1) is 8.31. The number of fused-ring (bicyclic) bond motifs is 3. The first kappa shape index (κ1) is 13.0. The molecule has 3 aliphatic rings. The Balaban J connectivity index is 1.98. The van der Waals surface area contributed by atoms with Gasteiger partial charge in [-0.2, -0.15) is 0 Å². The van der Waals surface area contributed by atoms with Crippen molar-refractivity contribution in [2.45, 2.75) is 72.3 Å². The van der Waals surface area contributed by atoms with Gasteiger partial charge in [0.2, 0.25) is 0 Å². The first-order valence-electron chi connectivity index (χ1n) is 7.95. The molecule has 2 aliphatic carbocycles. The molecule has 2 saturated carbocycles. The molecule has 1 unspecified atom stereocenters. The molecule has 1 heterocycles. The second-order valence-electron chi connectivity index (χ2n) is 8.36. The average Bonchev–Trinajstić information content (AvgIpc) is 2.68. The highest BCUT2D eigenvalue weighted by Gasteiger charge is 2.61. The van der Waals surface area contributed by atoms with Crippen LogP contribution in [0, 0.1) is 28.6 Å². The first-order valence-corrected chi connectivity index (χ1v) is 7.95. The molecular weight excluding hydrogens is 220 g/mol. The normalized spacial score (nSPS) is 54.8. The molecule has 0 aromatic rings. The molecule has 5 atom stereocenters. The lowest BCUT2D eigenvalue weighted by molar-refractivity contribution is -0.161. The minimum absolute atomic E-state index is 0.196. The molecule has 104 valence electrons. The fourth-order valence-corrected chi connectivity index (χ4v) is 5.91. The highest BCUT2D eigenvalue weighted by molar-refractivity contribution is 5.10. The fraction of sp³-hybridized carbons (Fsp3) is 1.00. The second-order valence-corrected chi connectivity index (χ2v) is 8.36. The van der Waals surface area contributed by atoms with E-state index in [1.807, 2.05) is 0 Å². The average molecular weight is 250 g/mol. The Morgan fingerprint density at radius 2 is 1.61 bits per heavy atom. The van der Waals surface area contributed by atoms with E-state index in [1.165, 1.54) is 32.1 Å². The lowest BCUT2D eigenvalue weighted by Crippen LogP contribution is -2.57. The Hall–Kier alpha value is -0.0400. The number of ether oxygens (including phenoxy) is 1. The van der Waals surface area contributed by atoms with Crippen molar-refractivity contribution in [2.75, 3.05) is 6.61 Å². The third-order valence-corrected chi connectivity index (χ3v) is 7.38.